The molecule has 1 heterocycles. The number of nitrogens with zero attached hydrogens (tertiary/aromatic N) is 2. The minimum absolute atomic E-state index is 0.307. The summed E-state index contributed by atoms with van der Waals surface area (Å²) >= 11 is 3.68. The molecule has 1 aliphatic rings. The van der Waals surface area contributed by atoms with Crippen LogP contribution in [-0.4, -0.2) is 49.1 Å². The molecular formula is C16H26BrN3. The maximum atomic E-state index is 6.13. The Balaban J connectivity index is 2.27. The van der Waals surface area contributed by atoms with Crippen molar-refractivity contribution < 1.29 is 0 Å². The van der Waals surface area contributed by atoms with Gasteiger partial charge in [0, 0.05) is 36.2 Å². The first-order valence-electron chi connectivity index (χ1n) is 7.56. The minimum Gasteiger partial charge on any atom is -0.329 e. The Bertz CT molecular complexity index is 424. The molecule has 2 atom stereocenters. The fourth-order valence-electron chi connectivity index (χ4n) is 3.22. The average molecular weight is 340 g/mol. The van der Waals surface area contributed by atoms with Crippen LogP contribution in [-0.2, 0) is 0 Å². The molecule has 1 aromatic carbocycles. The molecule has 1 saturated heterocycles. The third-order valence-electron chi connectivity index (χ3n) is 4.31. The van der Waals surface area contributed by atoms with Crippen molar-refractivity contribution in [3.63, 3.8) is 0 Å². The minimum atomic E-state index is 0.307. The summed E-state index contributed by atoms with van der Waals surface area (Å²) in [4.78, 5) is 5.06. The zero-order chi connectivity index (χ0) is 14.5. The second-order valence-electron chi connectivity index (χ2n) is 5.69. The van der Waals surface area contributed by atoms with E-state index in [1.54, 1.807) is 0 Å². The highest BCUT2D eigenvalue weighted by Gasteiger charge is 2.29. The molecule has 0 aliphatic carbocycles. The molecular weight excluding hydrogens is 314 g/mol. The van der Waals surface area contributed by atoms with Crippen LogP contribution in [0.4, 0.5) is 0 Å². The van der Waals surface area contributed by atoms with Crippen LogP contribution >= 0.6 is 15.9 Å². The van der Waals surface area contributed by atoms with Gasteiger partial charge in [0.15, 0.2) is 0 Å². The van der Waals surface area contributed by atoms with Gasteiger partial charge in [-0.1, -0.05) is 41.1 Å². The molecule has 1 fully saturated rings. The normalized spacial score (nSPS) is 23.5. The maximum absolute atomic E-state index is 6.13. The fraction of sp³-hybridized carbons (Fsp3) is 0.625. The lowest BCUT2D eigenvalue weighted by Gasteiger charge is -2.37. The molecule has 2 rings (SSSR count). The first kappa shape index (κ1) is 16.0. The highest BCUT2D eigenvalue weighted by molar-refractivity contribution is 9.10. The molecule has 0 radical (unpaired) electrons. The van der Waals surface area contributed by atoms with Crippen LogP contribution in [0.1, 0.15) is 31.4 Å². The number of likely N-dealkylation sites (N-methyl/N-ethyl adjacent to an activating group) is 1. The SMILES string of the molecule is CCC1CN(C)CCCN1C(CN)c1ccccc1Br. The predicted octanol–water partition coefficient (Wildman–Crippen LogP) is 2.87. The third kappa shape index (κ3) is 3.61. The summed E-state index contributed by atoms with van der Waals surface area (Å²) in [5.41, 5.74) is 7.45. The fourth-order valence-corrected chi connectivity index (χ4v) is 3.77. The Morgan fingerprint density at radius 3 is 2.75 bits per heavy atom. The lowest BCUT2D eigenvalue weighted by molar-refractivity contribution is 0.130. The van der Waals surface area contributed by atoms with E-state index < -0.39 is 0 Å². The molecule has 0 aromatic heterocycles. The number of benzene rings is 1. The average Bonchev–Trinajstić information content (AvgIpc) is 2.63. The molecule has 112 valence electrons. The van der Waals surface area contributed by atoms with E-state index in [2.05, 4.69) is 64.0 Å². The van der Waals surface area contributed by atoms with Crippen LogP contribution in [0.2, 0.25) is 0 Å². The third-order valence-corrected chi connectivity index (χ3v) is 5.03. The van der Waals surface area contributed by atoms with Gasteiger partial charge in [-0.25, -0.2) is 0 Å². The van der Waals surface area contributed by atoms with E-state index in [9.17, 15) is 0 Å². The first-order valence-corrected chi connectivity index (χ1v) is 8.35. The van der Waals surface area contributed by atoms with E-state index in [1.807, 2.05) is 0 Å². The van der Waals surface area contributed by atoms with Gasteiger partial charge < -0.3 is 10.6 Å². The maximum Gasteiger partial charge on any atom is 0.0485 e. The molecule has 4 heteroatoms. The Hall–Kier alpha value is -0.420. The lowest BCUT2D eigenvalue weighted by atomic mass is 10.0. The molecule has 0 amide bonds. The van der Waals surface area contributed by atoms with Gasteiger partial charge in [0.1, 0.15) is 0 Å². The highest BCUT2D eigenvalue weighted by Crippen LogP contribution is 2.30. The number of hydrogen-bond acceptors (Lipinski definition) is 3. The Morgan fingerprint density at radius 1 is 1.35 bits per heavy atom. The van der Waals surface area contributed by atoms with Gasteiger partial charge in [-0.05, 0) is 38.1 Å². The van der Waals surface area contributed by atoms with E-state index in [0.29, 0.717) is 18.6 Å². The Labute approximate surface area is 131 Å². The van der Waals surface area contributed by atoms with Crippen molar-refractivity contribution in [2.24, 2.45) is 5.73 Å². The zero-order valence-electron chi connectivity index (χ0n) is 12.6. The van der Waals surface area contributed by atoms with Gasteiger partial charge >= 0.3 is 0 Å². The van der Waals surface area contributed by atoms with Crippen molar-refractivity contribution >= 4 is 15.9 Å². The van der Waals surface area contributed by atoms with Crippen molar-refractivity contribution in [2.75, 3.05) is 33.2 Å². The van der Waals surface area contributed by atoms with Gasteiger partial charge in [0.05, 0.1) is 0 Å². The van der Waals surface area contributed by atoms with Crippen molar-refractivity contribution in [3.8, 4) is 0 Å². The van der Waals surface area contributed by atoms with Crippen LogP contribution in [0.25, 0.3) is 0 Å². The molecule has 1 aliphatic heterocycles. The number of halogens is 1. The van der Waals surface area contributed by atoms with Crippen LogP contribution in [0.15, 0.2) is 28.7 Å². The summed E-state index contributed by atoms with van der Waals surface area (Å²) in [6.45, 7) is 6.40. The molecule has 20 heavy (non-hydrogen) atoms. The van der Waals surface area contributed by atoms with E-state index in [-0.39, 0.29) is 0 Å². The smallest absolute Gasteiger partial charge is 0.0485 e. The lowest BCUT2D eigenvalue weighted by Crippen LogP contribution is -2.44. The van der Waals surface area contributed by atoms with Crippen molar-refractivity contribution in [1.29, 1.82) is 0 Å². The van der Waals surface area contributed by atoms with Gasteiger partial charge in [-0.2, -0.15) is 0 Å². The summed E-state index contributed by atoms with van der Waals surface area (Å²) in [6.07, 6.45) is 2.39. The van der Waals surface area contributed by atoms with E-state index >= 15 is 0 Å². The van der Waals surface area contributed by atoms with Crippen LogP contribution in [0.5, 0.6) is 0 Å². The zero-order valence-corrected chi connectivity index (χ0v) is 14.1. The van der Waals surface area contributed by atoms with Gasteiger partial charge in [-0.3, -0.25) is 4.90 Å². The monoisotopic (exact) mass is 339 g/mol. The molecule has 3 nitrogen and oxygen atoms in total. The summed E-state index contributed by atoms with van der Waals surface area (Å²) in [6, 6.07) is 9.37. The molecule has 0 bridgehead atoms. The number of rotatable bonds is 4. The van der Waals surface area contributed by atoms with Crippen molar-refractivity contribution in [2.45, 2.75) is 31.8 Å². The summed E-state index contributed by atoms with van der Waals surface area (Å²) in [5.74, 6) is 0. The molecule has 0 saturated carbocycles. The number of hydrogen-bond donors (Lipinski definition) is 1. The molecule has 2 unspecified atom stereocenters. The quantitative estimate of drug-likeness (QED) is 0.915. The standard InChI is InChI=1S/C16H26BrN3/c1-3-13-12-19(2)9-6-10-20(13)16(11-18)14-7-4-5-8-15(14)17/h4-5,7-8,13,16H,3,6,9-12,18H2,1-2H3. The molecule has 0 spiro atoms. The van der Waals surface area contributed by atoms with E-state index in [0.717, 1.165) is 13.1 Å². The summed E-state index contributed by atoms with van der Waals surface area (Å²) < 4.78 is 1.17. The summed E-state index contributed by atoms with van der Waals surface area (Å²) in [5, 5.41) is 0. The first-order chi connectivity index (χ1) is 9.67. The highest BCUT2D eigenvalue weighted by atomic mass is 79.9. The topological polar surface area (TPSA) is 32.5 Å². The largest absolute Gasteiger partial charge is 0.329 e. The van der Waals surface area contributed by atoms with Crippen molar-refractivity contribution in [3.05, 3.63) is 34.3 Å². The van der Waals surface area contributed by atoms with Gasteiger partial charge in [0.2, 0.25) is 0 Å². The second-order valence-corrected chi connectivity index (χ2v) is 6.54. The number of nitrogens with two attached hydrogens (primary N) is 1. The van der Waals surface area contributed by atoms with Crippen LogP contribution < -0.4 is 5.73 Å². The van der Waals surface area contributed by atoms with E-state index in [4.69, 9.17) is 5.73 Å². The van der Waals surface area contributed by atoms with E-state index in [1.165, 1.54) is 29.4 Å². The van der Waals surface area contributed by atoms with Crippen LogP contribution in [0, 0.1) is 0 Å². The molecule has 1 aromatic rings. The second kappa shape index (κ2) is 7.55. The van der Waals surface area contributed by atoms with Crippen molar-refractivity contribution in [1.82, 2.24) is 9.80 Å². The van der Waals surface area contributed by atoms with Gasteiger partial charge in [-0.15, -0.1) is 0 Å². The summed E-state index contributed by atoms with van der Waals surface area (Å²) in [7, 11) is 2.22. The molecule has 2 N–H and O–H groups in total. The van der Waals surface area contributed by atoms with Gasteiger partial charge in [0.25, 0.3) is 0 Å². The predicted molar refractivity (Wildman–Crippen MR) is 88.8 cm³/mol. The van der Waals surface area contributed by atoms with Crippen LogP contribution in [0.3, 0.4) is 0 Å². The Morgan fingerprint density at radius 2 is 2.10 bits per heavy atom. The Kier molecular flexibility index (Phi) is 6.02.